The third-order valence-corrected chi connectivity index (χ3v) is 3.13. The van der Waals surface area contributed by atoms with E-state index in [1.807, 2.05) is 31.2 Å². The topological polar surface area (TPSA) is 63.2 Å². The summed E-state index contributed by atoms with van der Waals surface area (Å²) >= 11 is 0. The lowest BCUT2D eigenvalue weighted by Crippen LogP contribution is -2.25. The van der Waals surface area contributed by atoms with Crippen LogP contribution in [0.2, 0.25) is 0 Å². The minimum Gasteiger partial charge on any atom is -0.385 e. The number of nitrogens with one attached hydrogen (secondary N) is 2. The molecule has 5 heteroatoms. The Bertz CT molecular complexity index is 612. The van der Waals surface area contributed by atoms with Gasteiger partial charge in [-0.25, -0.2) is 4.98 Å². The second-order valence-corrected chi connectivity index (χ2v) is 5.03. The van der Waals surface area contributed by atoms with Crippen LogP contribution in [-0.4, -0.2) is 31.2 Å². The van der Waals surface area contributed by atoms with Crippen LogP contribution in [0.3, 0.4) is 0 Å². The van der Waals surface area contributed by atoms with E-state index in [0.717, 1.165) is 12.1 Å². The Balaban J connectivity index is 1.91. The molecule has 5 nitrogen and oxygen atoms in total. The van der Waals surface area contributed by atoms with Gasteiger partial charge >= 0.3 is 0 Å². The molecule has 1 aromatic carbocycles. The van der Waals surface area contributed by atoms with E-state index in [1.54, 1.807) is 25.4 Å². The average Bonchev–Trinajstić information content (AvgIpc) is 2.52. The monoisotopic (exact) mass is 299 g/mol. The standard InChI is InChI=1S/C17H21N3O2/c1-13-5-3-6-15(11-13)20-16-8-7-14(12-19-16)17(21)18-9-4-10-22-2/h3,5-8,11-12H,4,9-10H2,1-2H3,(H,18,21)(H,19,20). The maximum Gasteiger partial charge on any atom is 0.252 e. The van der Waals surface area contributed by atoms with Gasteiger partial charge in [-0.1, -0.05) is 12.1 Å². The molecule has 22 heavy (non-hydrogen) atoms. The summed E-state index contributed by atoms with van der Waals surface area (Å²) in [5, 5.41) is 6.04. The van der Waals surface area contributed by atoms with Crippen molar-refractivity contribution in [2.45, 2.75) is 13.3 Å². The van der Waals surface area contributed by atoms with Gasteiger partial charge in [0.15, 0.2) is 0 Å². The SMILES string of the molecule is COCCCNC(=O)c1ccc(Nc2cccc(C)c2)nc1. The molecule has 0 saturated heterocycles. The third-order valence-electron chi connectivity index (χ3n) is 3.13. The number of aromatic nitrogens is 1. The summed E-state index contributed by atoms with van der Waals surface area (Å²) in [4.78, 5) is 16.2. The van der Waals surface area contributed by atoms with Crippen molar-refractivity contribution in [2.75, 3.05) is 25.6 Å². The van der Waals surface area contributed by atoms with Gasteiger partial charge in [0.1, 0.15) is 5.82 Å². The highest BCUT2D eigenvalue weighted by atomic mass is 16.5. The fourth-order valence-electron chi connectivity index (χ4n) is 1.99. The van der Waals surface area contributed by atoms with Crippen LogP contribution < -0.4 is 10.6 Å². The number of carbonyl (C=O) groups is 1. The number of nitrogens with zero attached hydrogens (tertiary/aromatic N) is 1. The van der Waals surface area contributed by atoms with E-state index in [1.165, 1.54) is 5.56 Å². The zero-order valence-corrected chi connectivity index (χ0v) is 12.9. The molecule has 1 aromatic heterocycles. The average molecular weight is 299 g/mol. The number of benzene rings is 1. The summed E-state index contributed by atoms with van der Waals surface area (Å²) in [6, 6.07) is 11.6. The number of hydrogen-bond acceptors (Lipinski definition) is 4. The summed E-state index contributed by atoms with van der Waals surface area (Å²) in [5.41, 5.74) is 2.70. The molecule has 0 fully saturated rings. The van der Waals surface area contributed by atoms with Gasteiger partial charge in [-0.15, -0.1) is 0 Å². The molecule has 0 radical (unpaired) electrons. The summed E-state index contributed by atoms with van der Waals surface area (Å²) in [6.45, 7) is 3.27. The molecule has 0 aliphatic rings. The van der Waals surface area contributed by atoms with Crippen molar-refractivity contribution in [3.05, 3.63) is 53.7 Å². The molecule has 0 unspecified atom stereocenters. The highest BCUT2D eigenvalue weighted by Crippen LogP contribution is 2.15. The lowest BCUT2D eigenvalue weighted by Gasteiger charge is -2.08. The fraction of sp³-hybridized carbons (Fsp3) is 0.294. The van der Waals surface area contributed by atoms with Gasteiger partial charge in [0, 0.05) is 32.1 Å². The lowest BCUT2D eigenvalue weighted by molar-refractivity contribution is 0.0948. The maximum absolute atomic E-state index is 11.9. The molecule has 0 bridgehead atoms. The Morgan fingerprint density at radius 3 is 2.82 bits per heavy atom. The van der Waals surface area contributed by atoms with E-state index in [2.05, 4.69) is 15.6 Å². The van der Waals surface area contributed by atoms with E-state index in [9.17, 15) is 4.79 Å². The number of methoxy groups -OCH3 is 1. The number of hydrogen-bond donors (Lipinski definition) is 2. The van der Waals surface area contributed by atoms with Crippen molar-refractivity contribution in [1.29, 1.82) is 0 Å². The number of carbonyl (C=O) groups excluding carboxylic acids is 1. The van der Waals surface area contributed by atoms with E-state index >= 15 is 0 Å². The van der Waals surface area contributed by atoms with Crippen LogP contribution in [-0.2, 0) is 4.74 Å². The van der Waals surface area contributed by atoms with Crippen LogP contribution in [0.15, 0.2) is 42.6 Å². The lowest BCUT2D eigenvalue weighted by atomic mass is 10.2. The minimum absolute atomic E-state index is 0.120. The summed E-state index contributed by atoms with van der Waals surface area (Å²) in [7, 11) is 1.64. The third kappa shape index (κ3) is 4.86. The molecule has 2 rings (SSSR count). The molecule has 116 valence electrons. The molecule has 1 amide bonds. The first-order chi connectivity index (χ1) is 10.7. The van der Waals surface area contributed by atoms with Crippen molar-refractivity contribution in [3.8, 4) is 0 Å². The Hall–Kier alpha value is -2.40. The van der Waals surface area contributed by atoms with E-state index in [0.29, 0.717) is 24.5 Å². The van der Waals surface area contributed by atoms with Crippen LogP contribution in [0.5, 0.6) is 0 Å². The van der Waals surface area contributed by atoms with Gasteiger partial charge in [0.05, 0.1) is 5.56 Å². The van der Waals surface area contributed by atoms with Crippen LogP contribution in [0.4, 0.5) is 11.5 Å². The predicted molar refractivity (Wildman–Crippen MR) is 87.5 cm³/mol. The normalized spacial score (nSPS) is 10.3. The molecule has 0 atom stereocenters. The van der Waals surface area contributed by atoms with Crippen molar-refractivity contribution in [1.82, 2.24) is 10.3 Å². The number of aryl methyl sites for hydroxylation is 1. The Kier molecular flexibility index (Phi) is 5.91. The van der Waals surface area contributed by atoms with E-state index < -0.39 is 0 Å². The highest BCUT2D eigenvalue weighted by Gasteiger charge is 2.05. The summed E-state index contributed by atoms with van der Waals surface area (Å²) in [5.74, 6) is 0.590. The first-order valence-corrected chi connectivity index (χ1v) is 7.26. The quantitative estimate of drug-likeness (QED) is 0.772. The molecule has 0 aliphatic carbocycles. The smallest absolute Gasteiger partial charge is 0.252 e. The van der Waals surface area contributed by atoms with E-state index in [-0.39, 0.29) is 5.91 Å². The van der Waals surface area contributed by atoms with Gasteiger partial charge in [-0.3, -0.25) is 4.79 Å². The Labute approximate surface area is 130 Å². The molecular formula is C17H21N3O2. The zero-order valence-electron chi connectivity index (χ0n) is 12.9. The van der Waals surface area contributed by atoms with Crippen LogP contribution in [0.1, 0.15) is 22.3 Å². The molecule has 2 aromatic rings. The molecule has 1 heterocycles. The van der Waals surface area contributed by atoms with Crippen molar-refractivity contribution in [2.24, 2.45) is 0 Å². The number of rotatable bonds is 7. The van der Waals surface area contributed by atoms with Gasteiger partial charge < -0.3 is 15.4 Å². The van der Waals surface area contributed by atoms with Crippen molar-refractivity contribution in [3.63, 3.8) is 0 Å². The van der Waals surface area contributed by atoms with Crippen molar-refractivity contribution < 1.29 is 9.53 Å². The number of pyridine rings is 1. The number of ether oxygens (including phenoxy) is 1. The second-order valence-electron chi connectivity index (χ2n) is 5.03. The highest BCUT2D eigenvalue weighted by molar-refractivity contribution is 5.94. The fourth-order valence-corrected chi connectivity index (χ4v) is 1.99. The molecule has 2 N–H and O–H groups in total. The van der Waals surface area contributed by atoms with Crippen LogP contribution in [0, 0.1) is 6.92 Å². The second kappa shape index (κ2) is 8.14. The predicted octanol–water partition coefficient (Wildman–Crippen LogP) is 2.90. The Morgan fingerprint density at radius 1 is 1.27 bits per heavy atom. The van der Waals surface area contributed by atoms with Crippen LogP contribution >= 0.6 is 0 Å². The first kappa shape index (κ1) is 16.0. The summed E-state index contributed by atoms with van der Waals surface area (Å²) < 4.78 is 4.94. The largest absolute Gasteiger partial charge is 0.385 e. The minimum atomic E-state index is -0.120. The number of anilines is 2. The Morgan fingerprint density at radius 2 is 2.14 bits per heavy atom. The molecular weight excluding hydrogens is 278 g/mol. The molecule has 0 saturated carbocycles. The summed E-state index contributed by atoms with van der Waals surface area (Å²) in [6.07, 6.45) is 2.37. The molecule has 0 spiro atoms. The first-order valence-electron chi connectivity index (χ1n) is 7.26. The van der Waals surface area contributed by atoms with Gasteiger partial charge in [-0.05, 0) is 43.2 Å². The van der Waals surface area contributed by atoms with Crippen LogP contribution in [0.25, 0.3) is 0 Å². The van der Waals surface area contributed by atoms with E-state index in [4.69, 9.17) is 4.74 Å². The maximum atomic E-state index is 11.9. The van der Waals surface area contributed by atoms with Crippen molar-refractivity contribution >= 4 is 17.4 Å². The van der Waals surface area contributed by atoms with Gasteiger partial charge in [0.2, 0.25) is 0 Å². The van der Waals surface area contributed by atoms with Gasteiger partial charge in [0.25, 0.3) is 5.91 Å². The number of amides is 1. The molecule has 0 aliphatic heterocycles. The van der Waals surface area contributed by atoms with Gasteiger partial charge in [-0.2, -0.15) is 0 Å². The zero-order chi connectivity index (χ0) is 15.8.